The lowest BCUT2D eigenvalue weighted by atomic mass is 9.70. The van der Waals surface area contributed by atoms with Gasteiger partial charge >= 0.3 is 0 Å². The van der Waals surface area contributed by atoms with Crippen molar-refractivity contribution in [2.75, 3.05) is 0 Å². The number of fused-ring (bicyclic) bond motifs is 7. The molecule has 0 bridgehead atoms. The number of thiophene rings is 1. The normalized spacial score (nSPS) is 31.8. The van der Waals surface area contributed by atoms with E-state index in [0.29, 0.717) is 18.1 Å². The van der Waals surface area contributed by atoms with Crippen molar-refractivity contribution in [3.63, 3.8) is 0 Å². The zero-order valence-electron chi connectivity index (χ0n) is 27.8. The van der Waals surface area contributed by atoms with Crippen LogP contribution in [-0.2, 0) is 17.6 Å². The van der Waals surface area contributed by atoms with Gasteiger partial charge in [0.2, 0.25) is 0 Å². The van der Waals surface area contributed by atoms with Crippen LogP contribution in [0, 0.1) is 17.8 Å². The van der Waals surface area contributed by atoms with Crippen molar-refractivity contribution in [2.24, 2.45) is 17.8 Å². The highest BCUT2D eigenvalue weighted by Gasteiger charge is 2.49. The second-order valence-corrected chi connectivity index (χ2v) is 16.5. The van der Waals surface area contributed by atoms with Gasteiger partial charge in [0.25, 0.3) is 0 Å². The molecule has 2 aliphatic heterocycles. The van der Waals surface area contributed by atoms with E-state index in [1.807, 2.05) is 11.3 Å². The van der Waals surface area contributed by atoms with Crippen molar-refractivity contribution in [3.05, 3.63) is 107 Å². The number of benzene rings is 4. The van der Waals surface area contributed by atoms with E-state index < -0.39 is 0 Å². The van der Waals surface area contributed by atoms with Gasteiger partial charge in [-0.3, -0.25) is 16.0 Å². The van der Waals surface area contributed by atoms with Crippen LogP contribution in [0.4, 0.5) is 0 Å². The maximum absolute atomic E-state index is 6.78. The Labute approximate surface area is 288 Å². The van der Waals surface area contributed by atoms with Crippen LogP contribution in [0.3, 0.4) is 0 Å². The second-order valence-electron chi connectivity index (χ2n) is 15.4. The summed E-state index contributed by atoms with van der Waals surface area (Å²) in [5, 5.41) is 14.8. The molecule has 3 aliphatic carbocycles. The molecule has 2 saturated heterocycles. The van der Waals surface area contributed by atoms with Crippen LogP contribution in [0.1, 0.15) is 92.4 Å². The summed E-state index contributed by atoms with van der Waals surface area (Å²) >= 11 is 1.94. The first kappa shape index (κ1) is 29.8. The average Bonchev–Trinajstić information content (AvgIpc) is 3.71. The Bertz CT molecular complexity index is 1950. The smallest absolute Gasteiger partial charge is 0.0862 e. The van der Waals surface area contributed by atoms with Crippen LogP contribution in [0.2, 0.25) is 0 Å². The highest BCUT2D eigenvalue weighted by atomic mass is 32.1. The molecule has 8 unspecified atom stereocenters. The molecule has 4 aromatic carbocycles. The number of hydrogen-bond acceptors (Lipinski definition) is 5. The average molecular weight is 654 g/mol. The first-order valence-electron chi connectivity index (χ1n) is 18.8. The van der Waals surface area contributed by atoms with Crippen LogP contribution in [0.15, 0.2) is 84.9 Å². The molecule has 3 N–H and O–H groups in total. The minimum Gasteiger partial charge on any atom is -0.374 e. The molecule has 0 amide bonds. The summed E-state index contributed by atoms with van der Waals surface area (Å²) < 4.78 is 9.53. The fourth-order valence-electron chi connectivity index (χ4n) is 10.3. The van der Waals surface area contributed by atoms with E-state index in [4.69, 9.17) is 4.74 Å². The van der Waals surface area contributed by atoms with Gasteiger partial charge in [0, 0.05) is 20.2 Å². The van der Waals surface area contributed by atoms with E-state index in [0.717, 1.165) is 11.8 Å². The number of hydrogen-bond donors (Lipinski definition) is 3. The third kappa shape index (κ3) is 5.25. The number of nitrogens with one attached hydrogen (secondary N) is 3. The van der Waals surface area contributed by atoms with Gasteiger partial charge in [0.15, 0.2) is 0 Å². The number of ether oxygens (including phenoxy) is 1. The Balaban J connectivity index is 0.951. The van der Waals surface area contributed by atoms with Crippen LogP contribution >= 0.6 is 11.3 Å². The summed E-state index contributed by atoms with van der Waals surface area (Å²) in [5.74, 6) is 2.14. The highest BCUT2D eigenvalue weighted by Crippen LogP contribution is 2.49. The predicted molar refractivity (Wildman–Crippen MR) is 198 cm³/mol. The zero-order chi connectivity index (χ0) is 31.6. The Kier molecular flexibility index (Phi) is 7.68. The summed E-state index contributed by atoms with van der Waals surface area (Å²) in [4.78, 5) is 0. The summed E-state index contributed by atoms with van der Waals surface area (Å²) in [6.45, 7) is 0. The maximum Gasteiger partial charge on any atom is 0.0862 e. The van der Waals surface area contributed by atoms with Crippen molar-refractivity contribution in [1.82, 2.24) is 16.0 Å². The van der Waals surface area contributed by atoms with Crippen LogP contribution < -0.4 is 16.0 Å². The summed E-state index contributed by atoms with van der Waals surface area (Å²) in [6.07, 6.45) is 15.5. The second kappa shape index (κ2) is 12.4. The molecule has 0 radical (unpaired) electrons. The molecule has 4 nitrogen and oxygen atoms in total. The molecule has 10 rings (SSSR count). The Morgan fingerprint density at radius 2 is 1.40 bits per heavy atom. The Morgan fingerprint density at radius 3 is 2.31 bits per heavy atom. The lowest BCUT2D eigenvalue weighted by molar-refractivity contribution is -0.0148. The third-order valence-electron chi connectivity index (χ3n) is 12.7. The molecular weight excluding hydrogens is 607 g/mol. The Hall–Kier alpha value is -3.06. The summed E-state index contributed by atoms with van der Waals surface area (Å²) in [6, 6.07) is 32.2. The highest BCUT2D eigenvalue weighted by molar-refractivity contribution is 7.25. The quantitative estimate of drug-likeness (QED) is 0.181. The fraction of sp³-hybridized carbons (Fsp3) is 0.442. The van der Waals surface area contributed by atoms with Crippen molar-refractivity contribution >= 4 is 31.5 Å². The van der Waals surface area contributed by atoms with Gasteiger partial charge in [0.05, 0.1) is 30.7 Å². The van der Waals surface area contributed by atoms with Gasteiger partial charge in [-0.25, -0.2) is 0 Å². The van der Waals surface area contributed by atoms with E-state index in [1.165, 1.54) is 113 Å². The van der Waals surface area contributed by atoms with E-state index >= 15 is 0 Å². The zero-order valence-corrected chi connectivity index (χ0v) is 28.6. The Morgan fingerprint density at radius 1 is 0.604 bits per heavy atom. The molecule has 5 heteroatoms. The fourth-order valence-corrected chi connectivity index (χ4v) is 11.5. The van der Waals surface area contributed by atoms with Gasteiger partial charge in [-0.05, 0) is 121 Å². The van der Waals surface area contributed by atoms with Crippen molar-refractivity contribution in [2.45, 2.75) is 101 Å². The minimum atomic E-state index is 0.0623. The van der Waals surface area contributed by atoms with Gasteiger partial charge in [-0.15, -0.1) is 11.3 Å². The van der Waals surface area contributed by atoms with E-state index in [9.17, 15) is 0 Å². The van der Waals surface area contributed by atoms with Crippen LogP contribution in [0.25, 0.3) is 31.3 Å². The van der Waals surface area contributed by atoms with Gasteiger partial charge in [-0.2, -0.15) is 0 Å². The van der Waals surface area contributed by atoms with Crippen LogP contribution in [-0.4, -0.2) is 18.4 Å². The topological polar surface area (TPSA) is 45.3 Å². The molecule has 48 heavy (non-hydrogen) atoms. The van der Waals surface area contributed by atoms with Gasteiger partial charge in [0.1, 0.15) is 0 Å². The van der Waals surface area contributed by atoms with E-state index in [2.05, 4.69) is 101 Å². The van der Waals surface area contributed by atoms with E-state index in [1.54, 1.807) is 11.1 Å². The van der Waals surface area contributed by atoms with Gasteiger partial charge < -0.3 is 4.74 Å². The monoisotopic (exact) mass is 653 g/mol. The van der Waals surface area contributed by atoms with E-state index in [-0.39, 0.29) is 18.5 Å². The van der Waals surface area contributed by atoms with Crippen molar-refractivity contribution < 1.29 is 4.74 Å². The molecule has 0 spiro atoms. The summed E-state index contributed by atoms with van der Waals surface area (Å²) in [7, 11) is 0. The van der Waals surface area contributed by atoms with Gasteiger partial charge in [-0.1, -0.05) is 85.6 Å². The molecule has 2 saturated carbocycles. The standard InChI is InChI=1S/C43H47N3OS/c1-2-10-27(11-3-1)41-44-42(29-18-20-34-33-14-6-7-16-37(33)47-38(34)23-29)46-43(45-41)30-19-22-36-35-21-17-28(24-39(35)48-40(36)25-30)32-15-8-12-26-9-4-5-13-31(26)32/h1-3,8,10-12,15,17,19,21-22,24-25,29,33-34,37-38,41-46H,4-7,9,13-14,16,18,20,23H2. The first-order valence-corrected chi connectivity index (χ1v) is 19.6. The molecule has 246 valence electrons. The number of rotatable bonds is 4. The third-order valence-corrected chi connectivity index (χ3v) is 13.8. The molecule has 3 heterocycles. The first-order chi connectivity index (χ1) is 23.7. The largest absolute Gasteiger partial charge is 0.374 e. The lowest BCUT2D eigenvalue weighted by Crippen LogP contribution is -2.62. The molecule has 1 aromatic heterocycles. The van der Waals surface area contributed by atoms with Crippen molar-refractivity contribution in [3.8, 4) is 11.1 Å². The maximum atomic E-state index is 6.78. The predicted octanol–water partition coefficient (Wildman–Crippen LogP) is 9.78. The summed E-state index contributed by atoms with van der Waals surface area (Å²) in [5.41, 5.74) is 8.53. The molecule has 5 aliphatic rings. The minimum absolute atomic E-state index is 0.0623. The SMILES string of the molecule is c1ccc(C2NC(c3ccc4c(c3)sc3cc(-c5cccc6c5CCCC6)ccc34)NC(C3CCC4C(C3)OC3CCCCC34)N2)cc1. The van der Waals surface area contributed by atoms with Crippen LogP contribution in [0.5, 0.6) is 0 Å². The lowest BCUT2D eigenvalue weighted by Gasteiger charge is -2.45. The molecule has 5 aromatic rings. The molecular formula is C43H47N3OS. The van der Waals surface area contributed by atoms with Crippen molar-refractivity contribution in [1.29, 1.82) is 0 Å². The molecule has 4 fully saturated rings. The number of aryl methyl sites for hydroxylation is 1. The molecule has 8 atom stereocenters.